The molecule has 0 aromatic carbocycles. The molecule has 0 aliphatic carbocycles. The topological polar surface area (TPSA) is 86.3 Å². The van der Waals surface area contributed by atoms with E-state index in [1.54, 1.807) is 16.2 Å². The molecule has 1 saturated heterocycles. The number of likely N-dealkylation sites (tertiary alicyclic amines) is 1. The van der Waals surface area contributed by atoms with Crippen LogP contribution in [-0.2, 0) is 0 Å². The number of carboxylic acids is 1. The smallest absolute Gasteiger partial charge is 0.354 e. The molecule has 0 saturated carbocycles. The van der Waals surface area contributed by atoms with Gasteiger partial charge < -0.3 is 15.0 Å². The van der Waals surface area contributed by atoms with Crippen molar-refractivity contribution in [2.75, 3.05) is 6.54 Å². The fourth-order valence-electron chi connectivity index (χ4n) is 2.54. The number of aromatic nitrogens is 2. The highest BCUT2D eigenvalue weighted by Crippen LogP contribution is 2.35. The quantitative estimate of drug-likeness (QED) is 0.907. The van der Waals surface area contributed by atoms with Gasteiger partial charge >= 0.3 is 5.97 Å². The van der Waals surface area contributed by atoms with E-state index in [4.69, 9.17) is 5.11 Å². The van der Waals surface area contributed by atoms with Crippen LogP contribution in [0.25, 0.3) is 0 Å². The first-order valence-corrected chi connectivity index (χ1v) is 7.17. The Morgan fingerprint density at radius 3 is 3.05 bits per heavy atom. The van der Waals surface area contributed by atoms with Crippen LogP contribution in [0.15, 0.2) is 23.8 Å². The van der Waals surface area contributed by atoms with Crippen LogP contribution in [0.5, 0.6) is 0 Å². The lowest BCUT2D eigenvalue weighted by Gasteiger charge is -2.23. The van der Waals surface area contributed by atoms with Crippen LogP contribution in [0, 0.1) is 0 Å². The molecular formula is C13H13N3O3S. The first-order chi connectivity index (χ1) is 9.68. The SMILES string of the molecule is O=C(O)c1[nH]cnc1C(=O)N1CCCC1c1cccs1. The van der Waals surface area contributed by atoms with Gasteiger partial charge in [-0.05, 0) is 24.3 Å². The van der Waals surface area contributed by atoms with Crippen molar-refractivity contribution in [1.82, 2.24) is 14.9 Å². The van der Waals surface area contributed by atoms with Gasteiger partial charge in [0.05, 0.1) is 12.4 Å². The van der Waals surface area contributed by atoms with Crippen molar-refractivity contribution < 1.29 is 14.7 Å². The monoisotopic (exact) mass is 291 g/mol. The second-order valence-corrected chi connectivity index (χ2v) is 5.58. The summed E-state index contributed by atoms with van der Waals surface area (Å²) < 4.78 is 0. The number of carboxylic acid groups (broad SMARTS) is 1. The number of carbonyl (C=O) groups is 2. The summed E-state index contributed by atoms with van der Waals surface area (Å²) in [5, 5.41) is 11.0. The van der Waals surface area contributed by atoms with Crippen molar-refractivity contribution in [2.45, 2.75) is 18.9 Å². The van der Waals surface area contributed by atoms with Crippen molar-refractivity contribution >= 4 is 23.2 Å². The van der Waals surface area contributed by atoms with E-state index in [1.165, 1.54) is 6.33 Å². The van der Waals surface area contributed by atoms with Crippen LogP contribution >= 0.6 is 11.3 Å². The highest BCUT2D eigenvalue weighted by Gasteiger charge is 2.34. The standard InChI is InChI=1S/C13H13N3O3S/c17-12(10-11(13(18)19)15-7-14-10)16-5-1-3-8(16)9-4-2-6-20-9/h2,4,6-8H,1,3,5H2,(H,14,15)(H,18,19). The van der Waals surface area contributed by atoms with Gasteiger partial charge in [-0.3, -0.25) is 4.79 Å². The molecule has 1 aliphatic rings. The molecule has 2 aromatic heterocycles. The zero-order chi connectivity index (χ0) is 14.1. The summed E-state index contributed by atoms with van der Waals surface area (Å²) in [6, 6.07) is 3.99. The van der Waals surface area contributed by atoms with Crippen molar-refractivity contribution in [1.29, 1.82) is 0 Å². The van der Waals surface area contributed by atoms with Gasteiger partial charge in [0, 0.05) is 11.4 Å². The molecule has 2 aromatic rings. The zero-order valence-electron chi connectivity index (χ0n) is 10.6. The third kappa shape index (κ3) is 2.09. The lowest BCUT2D eigenvalue weighted by molar-refractivity contribution is 0.0663. The fourth-order valence-corrected chi connectivity index (χ4v) is 3.42. The van der Waals surface area contributed by atoms with E-state index in [0.29, 0.717) is 6.54 Å². The number of aromatic carboxylic acids is 1. The molecule has 2 N–H and O–H groups in total. The Hall–Kier alpha value is -2.15. The van der Waals surface area contributed by atoms with E-state index < -0.39 is 5.97 Å². The molecule has 3 heterocycles. The average Bonchev–Trinajstić information content (AvgIpc) is 3.17. The number of amides is 1. The third-order valence-corrected chi connectivity index (χ3v) is 4.41. The maximum absolute atomic E-state index is 12.5. The summed E-state index contributed by atoms with van der Waals surface area (Å²) in [7, 11) is 0. The van der Waals surface area contributed by atoms with Crippen LogP contribution in [0.1, 0.15) is 44.7 Å². The van der Waals surface area contributed by atoms with E-state index >= 15 is 0 Å². The Balaban J connectivity index is 1.90. The summed E-state index contributed by atoms with van der Waals surface area (Å²) >= 11 is 1.61. The second kappa shape index (κ2) is 5.09. The van der Waals surface area contributed by atoms with E-state index in [0.717, 1.165) is 17.7 Å². The van der Waals surface area contributed by atoms with Crippen molar-refractivity contribution in [2.24, 2.45) is 0 Å². The Bertz CT molecular complexity index is 635. The van der Waals surface area contributed by atoms with E-state index in [9.17, 15) is 9.59 Å². The molecule has 0 radical (unpaired) electrons. The number of hydrogen-bond donors (Lipinski definition) is 2. The number of thiophene rings is 1. The molecule has 20 heavy (non-hydrogen) atoms. The van der Waals surface area contributed by atoms with Crippen molar-refractivity contribution in [3.8, 4) is 0 Å². The zero-order valence-corrected chi connectivity index (χ0v) is 11.4. The molecule has 1 amide bonds. The molecule has 7 heteroatoms. The minimum Gasteiger partial charge on any atom is -0.477 e. The Labute approximate surface area is 119 Å². The minimum absolute atomic E-state index is 0.0130. The maximum Gasteiger partial charge on any atom is 0.354 e. The maximum atomic E-state index is 12.5. The number of carbonyl (C=O) groups excluding carboxylic acids is 1. The van der Waals surface area contributed by atoms with Gasteiger partial charge in [-0.25, -0.2) is 9.78 Å². The largest absolute Gasteiger partial charge is 0.477 e. The van der Waals surface area contributed by atoms with Crippen LogP contribution in [0.2, 0.25) is 0 Å². The van der Waals surface area contributed by atoms with E-state index in [1.807, 2.05) is 17.5 Å². The normalized spacial score (nSPS) is 18.4. The summed E-state index contributed by atoms with van der Waals surface area (Å²) in [5.74, 6) is -1.49. The average molecular weight is 291 g/mol. The molecule has 1 unspecified atom stereocenters. The lowest BCUT2D eigenvalue weighted by atomic mass is 10.1. The first kappa shape index (κ1) is 12.9. The molecule has 0 bridgehead atoms. The number of rotatable bonds is 3. The molecule has 104 valence electrons. The molecule has 6 nitrogen and oxygen atoms in total. The van der Waals surface area contributed by atoms with Gasteiger partial charge in [0.1, 0.15) is 0 Å². The number of hydrogen-bond acceptors (Lipinski definition) is 4. The Kier molecular flexibility index (Phi) is 3.27. The van der Waals surface area contributed by atoms with Crippen LogP contribution in [0.4, 0.5) is 0 Å². The van der Waals surface area contributed by atoms with Gasteiger partial charge in [-0.2, -0.15) is 0 Å². The first-order valence-electron chi connectivity index (χ1n) is 6.29. The molecule has 3 rings (SSSR count). The van der Waals surface area contributed by atoms with Crippen LogP contribution in [-0.4, -0.2) is 38.4 Å². The van der Waals surface area contributed by atoms with Gasteiger partial charge in [0.15, 0.2) is 11.4 Å². The molecule has 1 aliphatic heterocycles. The highest BCUT2D eigenvalue weighted by atomic mass is 32.1. The predicted octanol–water partition coefficient (Wildman–Crippen LogP) is 2.15. The Morgan fingerprint density at radius 2 is 2.35 bits per heavy atom. The molecule has 1 fully saturated rings. The summed E-state index contributed by atoms with van der Waals surface area (Å²) in [5.41, 5.74) is -0.159. The van der Waals surface area contributed by atoms with Gasteiger partial charge in [0.25, 0.3) is 5.91 Å². The fraction of sp³-hybridized carbons (Fsp3) is 0.308. The molecule has 1 atom stereocenters. The molecule has 0 spiro atoms. The van der Waals surface area contributed by atoms with Gasteiger partial charge in [0.2, 0.25) is 0 Å². The minimum atomic E-state index is -1.17. The number of H-pyrrole nitrogens is 1. The van der Waals surface area contributed by atoms with Crippen LogP contribution in [0.3, 0.4) is 0 Å². The van der Waals surface area contributed by atoms with Crippen molar-refractivity contribution in [3.05, 3.63) is 40.1 Å². The van der Waals surface area contributed by atoms with Gasteiger partial charge in [-0.15, -0.1) is 11.3 Å². The number of aromatic amines is 1. The van der Waals surface area contributed by atoms with E-state index in [2.05, 4.69) is 9.97 Å². The Morgan fingerprint density at radius 1 is 1.50 bits per heavy atom. The summed E-state index contributed by atoms with van der Waals surface area (Å²) in [6.07, 6.45) is 3.06. The summed E-state index contributed by atoms with van der Waals surface area (Å²) in [4.78, 5) is 32.8. The van der Waals surface area contributed by atoms with E-state index in [-0.39, 0.29) is 23.3 Å². The second-order valence-electron chi connectivity index (χ2n) is 4.60. The van der Waals surface area contributed by atoms with Gasteiger partial charge in [-0.1, -0.05) is 6.07 Å². The van der Waals surface area contributed by atoms with Crippen molar-refractivity contribution in [3.63, 3.8) is 0 Å². The predicted molar refractivity (Wildman–Crippen MR) is 72.9 cm³/mol. The summed E-state index contributed by atoms with van der Waals surface area (Å²) in [6.45, 7) is 0.632. The lowest BCUT2D eigenvalue weighted by Crippen LogP contribution is -2.31. The third-order valence-electron chi connectivity index (χ3n) is 3.44. The number of nitrogens with zero attached hydrogens (tertiary/aromatic N) is 2. The number of nitrogens with one attached hydrogen (secondary N) is 1. The molecular weight excluding hydrogens is 278 g/mol. The van der Waals surface area contributed by atoms with Crippen LogP contribution < -0.4 is 0 Å². The number of imidazole rings is 1. The highest BCUT2D eigenvalue weighted by molar-refractivity contribution is 7.10.